The van der Waals surface area contributed by atoms with Gasteiger partial charge < -0.3 is 9.64 Å². The van der Waals surface area contributed by atoms with Gasteiger partial charge in [-0.3, -0.25) is 9.59 Å². The normalized spacial score (nSPS) is 22.1. The topological polar surface area (TPSA) is 84.0 Å². The third-order valence-corrected chi connectivity index (χ3v) is 12.0. The molecule has 39 heavy (non-hydrogen) atoms. The van der Waals surface area contributed by atoms with Crippen molar-refractivity contribution in [1.82, 2.24) is 9.21 Å². The Morgan fingerprint density at radius 1 is 1.15 bits per heavy atom. The van der Waals surface area contributed by atoms with Crippen molar-refractivity contribution in [1.29, 1.82) is 0 Å². The molecule has 2 unspecified atom stereocenters. The zero-order valence-electron chi connectivity index (χ0n) is 23.6. The van der Waals surface area contributed by atoms with Gasteiger partial charge in [-0.05, 0) is 67.0 Å². The third-order valence-electron chi connectivity index (χ3n) is 9.04. The Kier molecular flexibility index (Phi) is 9.36. The van der Waals surface area contributed by atoms with E-state index in [0.717, 1.165) is 22.4 Å². The molecule has 2 atom stereocenters. The molecule has 1 heterocycles. The van der Waals surface area contributed by atoms with Crippen molar-refractivity contribution < 1.29 is 22.7 Å². The van der Waals surface area contributed by atoms with E-state index in [2.05, 4.69) is 0 Å². The predicted octanol–water partition coefficient (Wildman–Crippen LogP) is 5.04. The number of hydrogen-bond acceptors (Lipinski definition) is 6. The van der Waals surface area contributed by atoms with E-state index in [0.29, 0.717) is 45.6 Å². The van der Waals surface area contributed by atoms with Gasteiger partial charge in [0, 0.05) is 43.0 Å². The molecule has 0 spiro atoms. The van der Waals surface area contributed by atoms with E-state index in [4.69, 9.17) is 4.74 Å². The van der Waals surface area contributed by atoms with Crippen LogP contribution in [0.5, 0.6) is 0 Å². The first-order valence-corrected chi connectivity index (χ1v) is 16.4. The smallest absolute Gasteiger partial charge is 0.238 e. The average molecular weight is 575 g/mol. The van der Waals surface area contributed by atoms with Crippen LogP contribution >= 0.6 is 11.3 Å². The number of carbonyl (C=O) groups is 2. The molecule has 0 radical (unpaired) electrons. The maximum atomic E-state index is 14.0. The van der Waals surface area contributed by atoms with Gasteiger partial charge in [-0.15, -0.1) is 11.3 Å². The quantitative estimate of drug-likeness (QED) is 0.295. The summed E-state index contributed by atoms with van der Waals surface area (Å²) in [6.45, 7) is 9.70. The minimum atomic E-state index is -3.90. The molecule has 0 saturated heterocycles. The Morgan fingerprint density at radius 2 is 1.90 bits per heavy atom. The SMILES string of the molecule is CCOCCCN(CC(=O)N(Cc1ccccc1)Cc1sccc1C)S(=O)(=O)CC12CCC(CC1=O)C2(C)C. The van der Waals surface area contributed by atoms with Gasteiger partial charge in [0.2, 0.25) is 15.9 Å². The van der Waals surface area contributed by atoms with Gasteiger partial charge in [0.15, 0.2) is 0 Å². The first kappa shape index (κ1) is 29.9. The Balaban J connectivity index is 1.58. The van der Waals surface area contributed by atoms with E-state index >= 15 is 0 Å². The lowest BCUT2D eigenvalue weighted by Gasteiger charge is -2.38. The molecule has 2 aliphatic carbocycles. The number of ketones is 1. The molecule has 1 aromatic carbocycles. The van der Waals surface area contributed by atoms with Crippen LogP contribution < -0.4 is 0 Å². The summed E-state index contributed by atoms with van der Waals surface area (Å²) < 4.78 is 34.8. The van der Waals surface area contributed by atoms with E-state index < -0.39 is 15.4 Å². The van der Waals surface area contributed by atoms with Crippen LogP contribution in [0.3, 0.4) is 0 Å². The van der Waals surface area contributed by atoms with Crippen LogP contribution in [0.15, 0.2) is 41.8 Å². The molecule has 7 nitrogen and oxygen atoms in total. The minimum Gasteiger partial charge on any atom is -0.382 e. The van der Waals surface area contributed by atoms with Crippen molar-refractivity contribution in [3.8, 4) is 0 Å². The van der Waals surface area contributed by atoms with Crippen LogP contribution in [0.2, 0.25) is 0 Å². The lowest BCUT2D eigenvalue weighted by Crippen LogP contribution is -2.49. The van der Waals surface area contributed by atoms with E-state index in [9.17, 15) is 18.0 Å². The Hall–Kier alpha value is -2.07. The zero-order valence-corrected chi connectivity index (χ0v) is 25.3. The Bertz CT molecular complexity index is 1260. The largest absolute Gasteiger partial charge is 0.382 e. The molecule has 0 aliphatic heterocycles. The highest BCUT2D eigenvalue weighted by molar-refractivity contribution is 7.89. The van der Waals surface area contributed by atoms with Crippen molar-refractivity contribution in [2.45, 2.75) is 66.5 Å². The standard InChI is InChI=1S/C30H42N2O5S2/c1-5-37-16-9-15-32(39(35,36)22-30-14-12-25(18-27(30)33)29(30,3)4)21-28(34)31(19-24-10-7-6-8-11-24)20-26-23(2)13-17-38-26/h6-8,10-11,13,17,25H,5,9,12,14-16,18-22H2,1-4H3. The van der Waals surface area contributed by atoms with Gasteiger partial charge in [0.25, 0.3) is 0 Å². The number of fused-ring (bicyclic) bond motifs is 2. The fraction of sp³-hybridized carbons (Fsp3) is 0.600. The van der Waals surface area contributed by atoms with Gasteiger partial charge in [0.1, 0.15) is 5.78 Å². The van der Waals surface area contributed by atoms with Crippen molar-refractivity contribution in [3.63, 3.8) is 0 Å². The molecule has 1 aromatic heterocycles. The van der Waals surface area contributed by atoms with Gasteiger partial charge >= 0.3 is 0 Å². The monoisotopic (exact) mass is 574 g/mol. The second kappa shape index (κ2) is 12.2. The number of rotatable bonds is 14. The summed E-state index contributed by atoms with van der Waals surface area (Å²) >= 11 is 1.60. The number of Topliss-reactive ketones (excluding diaryl/α,β-unsaturated/α-hetero) is 1. The summed E-state index contributed by atoms with van der Waals surface area (Å²) in [7, 11) is -3.90. The molecule has 2 bridgehead atoms. The van der Waals surface area contributed by atoms with E-state index in [1.54, 1.807) is 16.2 Å². The van der Waals surface area contributed by atoms with E-state index in [1.807, 2.05) is 69.5 Å². The van der Waals surface area contributed by atoms with Crippen LogP contribution in [-0.4, -0.2) is 61.4 Å². The van der Waals surface area contributed by atoms with Crippen molar-refractivity contribution in [2.75, 3.05) is 32.1 Å². The van der Waals surface area contributed by atoms with E-state index in [-0.39, 0.29) is 41.9 Å². The number of ether oxygens (including phenoxy) is 1. The summed E-state index contributed by atoms with van der Waals surface area (Å²) in [5.41, 5.74) is 0.855. The lowest BCUT2D eigenvalue weighted by molar-refractivity contribution is -0.132. The lowest BCUT2D eigenvalue weighted by atomic mass is 9.70. The number of sulfonamides is 1. The Morgan fingerprint density at radius 3 is 2.49 bits per heavy atom. The van der Waals surface area contributed by atoms with Crippen LogP contribution in [0, 0.1) is 23.7 Å². The van der Waals surface area contributed by atoms with Gasteiger partial charge in [0.05, 0.1) is 18.8 Å². The molecule has 214 valence electrons. The second-order valence-electron chi connectivity index (χ2n) is 11.6. The molecular weight excluding hydrogens is 532 g/mol. The van der Waals surface area contributed by atoms with Crippen LogP contribution in [-0.2, 0) is 37.4 Å². The molecule has 4 rings (SSSR count). The minimum absolute atomic E-state index is 0.0618. The molecule has 2 fully saturated rings. The maximum Gasteiger partial charge on any atom is 0.238 e. The highest BCUT2D eigenvalue weighted by Crippen LogP contribution is 2.64. The number of benzene rings is 1. The van der Waals surface area contributed by atoms with Crippen LogP contribution in [0.25, 0.3) is 0 Å². The molecule has 2 aromatic rings. The zero-order chi connectivity index (χ0) is 28.3. The second-order valence-corrected chi connectivity index (χ2v) is 14.5. The van der Waals surface area contributed by atoms with E-state index in [1.165, 1.54) is 4.31 Å². The van der Waals surface area contributed by atoms with Crippen LogP contribution in [0.1, 0.15) is 62.5 Å². The maximum absolute atomic E-state index is 14.0. The molecule has 9 heteroatoms. The van der Waals surface area contributed by atoms with Crippen molar-refractivity contribution >= 4 is 33.1 Å². The first-order valence-electron chi connectivity index (χ1n) is 13.9. The number of amides is 1. The number of hydrogen-bond donors (Lipinski definition) is 0. The molecule has 2 aliphatic rings. The van der Waals surface area contributed by atoms with Gasteiger partial charge in [-0.1, -0.05) is 44.2 Å². The molecule has 2 saturated carbocycles. The molecule has 1 amide bonds. The highest BCUT2D eigenvalue weighted by Gasteiger charge is 2.65. The van der Waals surface area contributed by atoms with Gasteiger partial charge in [-0.2, -0.15) is 4.31 Å². The number of aryl methyl sites for hydroxylation is 1. The van der Waals surface area contributed by atoms with Crippen molar-refractivity contribution in [2.24, 2.45) is 16.7 Å². The highest BCUT2D eigenvalue weighted by atomic mass is 32.2. The number of thiophene rings is 1. The first-order chi connectivity index (χ1) is 18.5. The Labute approximate surface area is 237 Å². The fourth-order valence-electron chi connectivity index (χ4n) is 6.34. The van der Waals surface area contributed by atoms with Gasteiger partial charge in [-0.25, -0.2) is 8.42 Å². The summed E-state index contributed by atoms with van der Waals surface area (Å²) in [6, 6.07) is 11.8. The average Bonchev–Trinajstić information content (AvgIpc) is 3.46. The number of nitrogens with zero attached hydrogens (tertiary/aromatic N) is 2. The summed E-state index contributed by atoms with van der Waals surface area (Å²) in [5.74, 6) is -0.187. The number of carbonyl (C=O) groups excluding carboxylic acids is 2. The predicted molar refractivity (Wildman–Crippen MR) is 155 cm³/mol. The van der Waals surface area contributed by atoms with Crippen LogP contribution in [0.4, 0.5) is 0 Å². The summed E-state index contributed by atoms with van der Waals surface area (Å²) in [4.78, 5) is 29.8. The third kappa shape index (κ3) is 6.32. The summed E-state index contributed by atoms with van der Waals surface area (Å²) in [5, 5.41) is 2.01. The summed E-state index contributed by atoms with van der Waals surface area (Å²) in [6.07, 6.45) is 2.41. The fourth-order valence-corrected chi connectivity index (χ4v) is 9.46. The molecule has 0 N–H and O–H groups in total. The molecular formula is C30H42N2O5S2. The van der Waals surface area contributed by atoms with Crippen molar-refractivity contribution in [3.05, 3.63) is 57.8 Å².